The number of benzene rings is 2. The van der Waals surface area contributed by atoms with E-state index in [-0.39, 0.29) is 33.3 Å². The van der Waals surface area contributed by atoms with Crippen molar-refractivity contribution >= 4 is 51.4 Å². The normalized spacial score (nSPS) is 15.3. The van der Waals surface area contributed by atoms with Crippen molar-refractivity contribution in [1.82, 2.24) is 9.88 Å². The molecule has 7 nitrogen and oxygen atoms in total. The highest BCUT2D eigenvalue weighted by molar-refractivity contribution is 6.42. The summed E-state index contributed by atoms with van der Waals surface area (Å²) in [6.07, 6.45) is 3.96. The molecule has 4 rings (SSSR count). The van der Waals surface area contributed by atoms with Crippen molar-refractivity contribution in [2.45, 2.75) is 25.9 Å². The fourth-order valence-corrected chi connectivity index (χ4v) is 4.39. The number of ether oxygens (including phenoxy) is 2. The van der Waals surface area contributed by atoms with Crippen molar-refractivity contribution in [3.8, 4) is 17.6 Å². The molecule has 2 heterocycles. The number of anilines is 2. The monoisotopic (exact) mass is 528 g/mol. The largest absolute Gasteiger partial charge is 0.490 e. The highest BCUT2D eigenvalue weighted by atomic mass is 35.5. The van der Waals surface area contributed by atoms with Gasteiger partial charge in [0.15, 0.2) is 17.3 Å². The van der Waals surface area contributed by atoms with Gasteiger partial charge < -0.3 is 19.7 Å². The first-order valence-corrected chi connectivity index (χ1v) is 12.1. The molecule has 0 bridgehead atoms. The van der Waals surface area contributed by atoms with Gasteiger partial charge in [-0.3, -0.25) is 9.78 Å². The number of fused-ring (bicyclic) bond motifs is 1. The lowest BCUT2D eigenvalue weighted by Gasteiger charge is -2.32. The van der Waals surface area contributed by atoms with Crippen LogP contribution in [0.2, 0.25) is 10.0 Å². The van der Waals surface area contributed by atoms with E-state index in [1.165, 1.54) is 24.4 Å². The quantitative estimate of drug-likeness (QED) is 0.288. The highest BCUT2D eigenvalue weighted by Gasteiger charge is 2.25. The van der Waals surface area contributed by atoms with Crippen LogP contribution in [0.3, 0.4) is 0 Å². The molecule has 1 aliphatic rings. The maximum absolute atomic E-state index is 14.8. The van der Waals surface area contributed by atoms with Crippen molar-refractivity contribution in [2.75, 3.05) is 25.0 Å². The number of hydrogen-bond donors (Lipinski definition) is 1. The lowest BCUT2D eigenvalue weighted by Crippen LogP contribution is -2.43. The van der Waals surface area contributed by atoms with Gasteiger partial charge in [0.05, 0.1) is 45.7 Å². The van der Waals surface area contributed by atoms with E-state index in [1.54, 1.807) is 17.0 Å². The van der Waals surface area contributed by atoms with Gasteiger partial charge in [0.2, 0.25) is 5.91 Å². The summed E-state index contributed by atoms with van der Waals surface area (Å²) in [4.78, 5) is 18.2. The van der Waals surface area contributed by atoms with Gasteiger partial charge in [0.1, 0.15) is 12.2 Å². The molecule has 0 radical (unpaired) electrons. The number of pyridine rings is 1. The first kappa shape index (κ1) is 25.5. The second kappa shape index (κ2) is 11.0. The molecule has 1 atom stereocenters. The molecule has 0 aliphatic carbocycles. The van der Waals surface area contributed by atoms with E-state index in [0.717, 1.165) is 12.8 Å². The Labute approximate surface area is 218 Å². The number of rotatable bonds is 7. The number of nitrogens with one attached hydrogen (secondary N) is 1. The van der Waals surface area contributed by atoms with Crippen molar-refractivity contribution in [3.63, 3.8) is 0 Å². The van der Waals surface area contributed by atoms with Gasteiger partial charge in [-0.05, 0) is 44.0 Å². The number of hydrogen-bond acceptors (Lipinski definition) is 6. The van der Waals surface area contributed by atoms with Gasteiger partial charge in [-0.2, -0.15) is 5.26 Å². The Kier molecular flexibility index (Phi) is 7.82. The molecule has 1 saturated heterocycles. The van der Waals surface area contributed by atoms with Gasteiger partial charge >= 0.3 is 0 Å². The zero-order valence-corrected chi connectivity index (χ0v) is 21.0. The summed E-state index contributed by atoms with van der Waals surface area (Å²) in [5.74, 6) is 0.0114. The van der Waals surface area contributed by atoms with Gasteiger partial charge in [-0.25, -0.2) is 4.39 Å². The first-order chi connectivity index (χ1) is 17.4. The minimum atomic E-state index is -0.741. The van der Waals surface area contributed by atoms with E-state index in [0.29, 0.717) is 47.8 Å². The van der Waals surface area contributed by atoms with E-state index in [4.69, 9.17) is 32.7 Å². The number of halogens is 3. The molecule has 2 aromatic carbocycles. The minimum Gasteiger partial charge on any atom is -0.490 e. The summed E-state index contributed by atoms with van der Waals surface area (Å²) in [5, 5.41) is 13.1. The van der Waals surface area contributed by atoms with Crippen LogP contribution in [0.25, 0.3) is 10.9 Å². The molecular formula is C26H23Cl2FN4O3. The van der Waals surface area contributed by atoms with Crippen LogP contribution in [0.5, 0.6) is 11.5 Å². The summed E-state index contributed by atoms with van der Waals surface area (Å²) in [6.45, 7) is 6.85. The van der Waals surface area contributed by atoms with E-state index in [1.807, 2.05) is 6.92 Å². The van der Waals surface area contributed by atoms with Crippen LogP contribution in [0.15, 0.2) is 43.1 Å². The fourth-order valence-electron chi connectivity index (χ4n) is 4.08. The number of carbonyl (C=O) groups excluding carboxylic acids is 1. The number of nitrogens with zero attached hydrogens (tertiary/aromatic N) is 3. The number of carbonyl (C=O) groups is 1. The molecule has 36 heavy (non-hydrogen) atoms. The van der Waals surface area contributed by atoms with E-state index in [9.17, 15) is 14.4 Å². The van der Waals surface area contributed by atoms with E-state index < -0.39 is 5.82 Å². The smallest absolute Gasteiger partial charge is 0.246 e. The van der Waals surface area contributed by atoms with Gasteiger partial charge in [0.25, 0.3) is 0 Å². The second-order valence-electron chi connectivity index (χ2n) is 8.13. The van der Waals surface area contributed by atoms with Crippen molar-refractivity contribution in [3.05, 3.63) is 64.5 Å². The SMILES string of the molecule is C=CC(=O)N1CCCC(Oc2cc3c(Nc4ccc(Cl)c(Cl)c4F)c(C#N)cnc3cc2OCC)C1. The molecule has 1 unspecified atom stereocenters. The first-order valence-electron chi connectivity index (χ1n) is 11.3. The van der Waals surface area contributed by atoms with Crippen LogP contribution in [0.1, 0.15) is 25.3 Å². The van der Waals surface area contributed by atoms with Gasteiger partial charge in [-0.1, -0.05) is 29.8 Å². The zero-order valence-electron chi connectivity index (χ0n) is 19.5. The van der Waals surface area contributed by atoms with Crippen molar-refractivity contribution in [2.24, 2.45) is 0 Å². The van der Waals surface area contributed by atoms with Crippen molar-refractivity contribution in [1.29, 1.82) is 5.26 Å². The number of piperidine rings is 1. The minimum absolute atomic E-state index is 0.0515. The van der Waals surface area contributed by atoms with Gasteiger partial charge in [0, 0.05) is 24.2 Å². The van der Waals surface area contributed by atoms with Crippen LogP contribution in [-0.4, -0.2) is 41.6 Å². The Morgan fingerprint density at radius 3 is 2.92 bits per heavy atom. The summed E-state index contributed by atoms with van der Waals surface area (Å²) < 4.78 is 26.9. The highest BCUT2D eigenvalue weighted by Crippen LogP contribution is 2.39. The molecule has 1 aliphatic heterocycles. The Morgan fingerprint density at radius 2 is 2.19 bits per heavy atom. The third-order valence-corrected chi connectivity index (χ3v) is 6.59. The predicted octanol–water partition coefficient (Wildman–Crippen LogP) is 6.25. The van der Waals surface area contributed by atoms with Crippen LogP contribution in [0, 0.1) is 17.1 Å². The lowest BCUT2D eigenvalue weighted by atomic mass is 10.1. The molecule has 3 aromatic rings. The van der Waals surface area contributed by atoms with E-state index >= 15 is 0 Å². The van der Waals surface area contributed by atoms with Crippen LogP contribution >= 0.6 is 23.2 Å². The fraction of sp³-hybridized carbons (Fsp3) is 0.269. The summed E-state index contributed by atoms with van der Waals surface area (Å²) >= 11 is 11.9. The molecular weight excluding hydrogens is 506 g/mol. The topological polar surface area (TPSA) is 87.5 Å². The standard InChI is InChI=1S/C26H23Cl2FN4O3/c1-3-23(34)33-9-5-6-16(14-33)36-22-10-17-20(11-21(22)35-4-2)31-13-15(12-30)26(17)32-19-8-7-18(27)24(28)25(19)29/h3,7-8,10-11,13,16H,1,4-6,9,14H2,2H3,(H,31,32). The third-order valence-electron chi connectivity index (χ3n) is 5.81. The number of amides is 1. The van der Waals surface area contributed by atoms with Crippen LogP contribution in [-0.2, 0) is 4.79 Å². The third kappa shape index (κ3) is 5.18. The lowest BCUT2D eigenvalue weighted by molar-refractivity contribution is -0.128. The van der Waals surface area contributed by atoms with E-state index in [2.05, 4.69) is 22.9 Å². The number of nitriles is 1. The Morgan fingerprint density at radius 1 is 1.39 bits per heavy atom. The Hall–Kier alpha value is -3.54. The molecule has 186 valence electrons. The molecule has 0 saturated carbocycles. The van der Waals surface area contributed by atoms with Crippen molar-refractivity contribution < 1.29 is 18.7 Å². The Bertz CT molecular complexity index is 1380. The molecule has 1 aromatic heterocycles. The maximum Gasteiger partial charge on any atom is 0.246 e. The maximum atomic E-state index is 14.8. The average Bonchev–Trinajstić information content (AvgIpc) is 2.89. The zero-order chi connectivity index (χ0) is 25.8. The number of aromatic nitrogens is 1. The molecule has 1 N–H and O–H groups in total. The molecule has 1 fully saturated rings. The average molecular weight is 529 g/mol. The molecule has 0 spiro atoms. The number of likely N-dealkylation sites (tertiary alicyclic amines) is 1. The second-order valence-corrected chi connectivity index (χ2v) is 8.91. The Balaban J connectivity index is 1.78. The molecule has 10 heteroatoms. The van der Waals surface area contributed by atoms with Crippen LogP contribution in [0.4, 0.5) is 15.8 Å². The predicted molar refractivity (Wildman–Crippen MR) is 138 cm³/mol. The van der Waals surface area contributed by atoms with Crippen LogP contribution < -0.4 is 14.8 Å². The summed E-state index contributed by atoms with van der Waals surface area (Å²) in [6, 6.07) is 8.41. The molecule has 1 amide bonds. The summed E-state index contributed by atoms with van der Waals surface area (Å²) in [7, 11) is 0. The summed E-state index contributed by atoms with van der Waals surface area (Å²) in [5.41, 5.74) is 1.10. The van der Waals surface area contributed by atoms with Gasteiger partial charge in [-0.15, -0.1) is 0 Å².